The predicted molar refractivity (Wildman–Crippen MR) is 107 cm³/mol. The van der Waals surface area contributed by atoms with Crippen molar-refractivity contribution in [2.75, 3.05) is 17.3 Å². The summed E-state index contributed by atoms with van der Waals surface area (Å²) in [4.78, 5) is 12.8. The van der Waals surface area contributed by atoms with Gasteiger partial charge in [0.1, 0.15) is 5.82 Å². The molecule has 0 bridgehead atoms. The van der Waals surface area contributed by atoms with E-state index in [2.05, 4.69) is 17.1 Å². The van der Waals surface area contributed by atoms with Gasteiger partial charge in [-0.3, -0.25) is 4.79 Å². The molecule has 2 aromatic rings. The highest BCUT2D eigenvalue weighted by atomic mass is 32.2. The van der Waals surface area contributed by atoms with Crippen molar-refractivity contribution < 1.29 is 13.2 Å². The Labute approximate surface area is 164 Å². The average Bonchev–Trinajstić information content (AvgIpc) is 3.16. The minimum Gasteiger partial charge on any atom is -0.309 e. The Kier molecular flexibility index (Phi) is 5.49. The molecule has 0 radical (unpaired) electrons. The van der Waals surface area contributed by atoms with Gasteiger partial charge in [-0.25, -0.2) is 8.42 Å². The minimum atomic E-state index is -2.97. The molecule has 1 fully saturated rings. The zero-order valence-corrected chi connectivity index (χ0v) is 18.0. The standard InChI is InChI=1S/C19H25N3O3S2/c1-11-8-16(14(4)13(3)12(11)2)17(23)9-26-19-21-20-18(22(19)5)15-6-7-27(24,25)10-15/h8,15H,6-7,9-10H2,1-5H3. The number of ketones is 1. The first-order valence-corrected chi connectivity index (χ1v) is 11.7. The van der Waals surface area contributed by atoms with Gasteiger partial charge in [-0.15, -0.1) is 10.2 Å². The van der Waals surface area contributed by atoms with Gasteiger partial charge in [-0.1, -0.05) is 11.8 Å². The van der Waals surface area contributed by atoms with E-state index < -0.39 is 9.84 Å². The van der Waals surface area contributed by atoms with Crippen LogP contribution in [0.1, 0.15) is 50.8 Å². The third-order valence-electron chi connectivity index (χ3n) is 5.58. The molecule has 1 saturated heterocycles. The third kappa shape index (κ3) is 3.96. The highest BCUT2D eigenvalue weighted by Gasteiger charge is 2.32. The lowest BCUT2D eigenvalue weighted by molar-refractivity contribution is 0.102. The fourth-order valence-corrected chi connectivity index (χ4v) is 6.06. The van der Waals surface area contributed by atoms with Gasteiger partial charge in [0.05, 0.1) is 17.3 Å². The Morgan fingerprint density at radius 3 is 2.52 bits per heavy atom. The summed E-state index contributed by atoms with van der Waals surface area (Å²) in [6.45, 7) is 8.13. The van der Waals surface area contributed by atoms with E-state index in [1.165, 1.54) is 17.3 Å². The maximum atomic E-state index is 12.8. The monoisotopic (exact) mass is 407 g/mol. The first kappa shape index (κ1) is 20.1. The van der Waals surface area contributed by atoms with Crippen molar-refractivity contribution in [2.24, 2.45) is 7.05 Å². The number of rotatable bonds is 5. The second-order valence-corrected chi connectivity index (χ2v) is 10.5. The lowest BCUT2D eigenvalue weighted by atomic mass is 9.93. The largest absolute Gasteiger partial charge is 0.309 e. The van der Waals surface area contributed by atoms with Gasteiger partial charge < -0.3 is 4.57 Å². The number of nitrogens with zero attached hydrogens (tertiary/aromatic N) is 3. The molecule has 1 unspecified atom stereocenters. The normalized spacial score (nSPS) is 18.8. The number of thioether (sulfide) groups is 1. The smallest absolute Gasteiger partial charge is 0.191 e. The van der Waals surface area contributed by atoms with Crippen LogP contribution in [-0.2, 0) is 16.9 Å². The summed E-state index contributed by atoms with van der Waals surface area (Å²) in [5, 5.41) is 9.00. The van der Waals surface area contributed by atoms with E-state index in [1.807, 2.05) is 38.5 Å². The van der Waals surface area contributed by atoms with Crippen LogP contribution in [0.3, 0.4) is 0 Å². The van der Waals surface area contributed by atoms with Crippen molar-refractivity contribution in [1.82, 2.24) is 14.8 Å². The van der Waals surface area contributed by atoms with Crippen LogP contribution in [0, 0.1) is 27.7 Å². The van der Waals surface area contributed by atoms with E-state index in [0.717, 1.165) is 22.3 Å². The van der Waals surface area contributed by atoms with Crippen molar-refractivity contribution in [3.63, 3.8) is 0 Å². The van der Waals surface area contributed by atoms with E-state index in [0.29, 0.717) is 17.4 Å². The minimum absolute atomic E-state index is 0.0664. The van der Waals surface area contributed by atoms with Gasteiger partial charge in [-0.05, 0) is 62.4 Å². The van der Waals surface area contributed by atoms with Crippen LogP contribution in [-0.4, -0.2) is 46.2 Å². The van der Waals surface area contributed by atoms with Crippen molar-refractivity contribution in [2.45, 2.75) is 45.2 Å². The first-order chi connectivity index (χ1) is 12.6. The van der Waals surface area contributed by atoms with E-state index in [4.69, 9.17) is 0 Å². The van der Waals surface area contributed by atoms with Gasteiger partial charge in [0.2, 0.25) is 0 Å². The number of hydrogen-bond acceptors (Lipinski definition) is 6. The lowest BCUT2D eigenvalue weighted by Crippen LogP contribution is -2.10. The summed E-state index contributed by atoms with van der Waals surface area (Å²) >= 11 is 1.34. The number of carbonyl (C=O) groups excluding carboxylic acids is 1. The topological polar surface area (TPSA) is 81.9 Å². The van der Waals surface area contributed by atoms with Gasteiger partial charge in [0.25, 0.3) is 0 Å². The van der Waals surface area contributed by atoms with Crippen LogP contribution in [0.15, 0.2) is 11.2 Å². The maximum absolute atomic E-state index is 12.8. The molecule has 1 atom stereocenters. The maximum Gasteiger partial charge on any atom is 0.191 e. The Morgan fingerprint density at radius 2 is 1.89 bits per heavy atom. The fourth-order valence-electron chi connectivity index (χ4n) is 3.52. The summed E-state index contributed by atoms with van der Waals surface area (Å²) in [6, 6.07) is 1.96. The van der Waals surface area contributed by atoms with Crippen molar-refractivity contribution in [1.29, 1.82) is 0 Å². The Hall–Kier alpha value is -1.67. The molecular formula is C19H25N3O3S2. The van der Waals surface area contributed by atoms with Crippen LogP contribution in [0.2, 0.25) is 0 Å². The second-order valence-electron chi connectivity index (χ2n) is 7.33. The van der Waals surface area contributed by atoms with Crippen LogP contribution in [0.25, 0.3) is 0 Å². The molecule has 3 rings (SSSR count). The van der Waals surface area contributed by atoms with Gasteiger partial charge in [0.15, 0.2) is 20.8 Å². The number of aryl methyl sites for hydroxylation is 1. The summed E-state index contributed by atoms with van der Waals surface area (Å²) in [5.41, 5.74) is 5.29. The molecular weight excluding hydrogens is 382 g/mol. The van der Waals surface area contributed by atoms with E-state index in [-0.39, 0.29) is 29.0 Å². The molecule has 8 heteroatoms. The fraction of sp³-hybridized carbons (Fsp3) is 0.526. The molecule has 0 amide bonds. The molecule has 0 aliphatic carbocycles. The molecule has 1 aliphatic rings. The third-order valence-corrected chi connectivity index (χ3v) is 8.37. The summed E-state index contributed by atoms with van der Waals surface area (Å²) < 4.78 is 25.2. The second kappa shape index (κ2) is 7.39. The molecule has 6 nitrogen and oxygen atoms in total. The van der Waals surface area contributed by atoms with Crippen LogP contribution in [0.4, 0.5) is 0 Å². The van der Waals surface area contributed by atoms with E-state index >= 15 is 0 Å². The summed E-state index contributed by atoms with van der Waals surface area (Å²) in [5.74, 6) is 1.25. The molecule has 1 aromatic heterocycles. The van der Waals surface area contributed by atoms with Crippen molar-refractivity contribution >= 4 is 27.4 Å². The zero-order chi connectivity index (χ0) is 19.9. The molecule has 146 valence electrons. The summed E-state index contributed by atoms with van der Waals surface area (Å²) in [7, 11) is -1.14. The lowest BCUT2D eigenvalue weighted by Gasteiger charge is -2.13. The first-order valence-electron chi connectivity index (χ1n) is 8.94. The van der Waals surface area contributed by atoms with Crippen LogP contribution < -0.4 is 0 Å². The Bertz CT molecular complexity index is 1010. The SMILES string of the molecule is Cc1cc(C(=O)CSc2nnc(C3CCS(=O)(=O)C3)n2C)c(C)c(C)c1C. The van der Waals surface area contributed by atoms with Crippen molar-refractivity contribution in [3.8, 4) is 0 Å². The predicted octanol–water partition coefficient (Wildman–Crippen LogP) is 2.93. The molecule has 0 spiro atoms. The number of Topliss-reactive ketones (excluding diaryl/α,β-unsaturated/α-hetero) is 1. The van der Waals surface area contributed by atoms with Crippen molar-refractivity contribution in [3.05, 3.63) is 39.7 Å². The molecule has 27 heavy (non-hydrogen) atoms. The van der Waals surface area contributed by atoms with E-state index in [9.17, 15) is 13.2 Å². The Morgan fingerprint density at radius 1 is 1.19 bits per heavy atom. The number of benzene rings is 1. The van der Waals surface area contributed by atoms with Gasteiger partial charge >= 0.3 is 0 Å². The zero-order valence-electron chi connectivity index (χ0n) is 16.4. The summed E-state index contributed by atoms with van der Waals surface area (Å²) in [6.07, 6.45) is 0.582. The molecule has 1 aliphatic heterocycles. The van der Waals surface area contributed by atoms with Crippen LogP contribution in [0.5, 0.6) is 0 Å². The quantitative estimate of drug-likeness (QED) is 0.560. The number of aromatic nitrogens is 3. The molecule has 2 heterocycles. The molecule has 1 aromatic carbocycles. The highest BCUT2D eigenvalue weighted by molar-refractivity contribution is 7.99. The molecule has 0 N–H and O–H groups in total. The number of carbonyl (C=O) groups is 1. The van der Waals surface area contributed by atoms with E-state index in [1.54, 1.807) is 0 Å². The number of hydrogen-bond donors (Lipinski definition) is 0. The molecule has 0 saturated carbocycles. The van der Waals surface area contributed by atoms with Gasteiger partial charge in [-0.2, -0.15) is 0 Å². The Balaban J connectivity index is 1.74. The highest BCUT2D eigenvalue weighted by Crippen LogP contribution is 2.30. The van der Waals surface area contributed by atoms with Gasteiger partial charge in [0, 0.05) is 18.5 Å². The van der Waals surface area contributed by atoms with Crippen LogP contribution >= 0.6 is 11.8 Å². The average molecular weight is 408 g/mol. The number of sulfone groups is 1.